The van der Waals surface area contributed by atoms with E-state index in [0.29, 0.717) is 21.3 Å². The van der Waals surface area contributed by atoms with Crippen LogP contribution in [0.4, 0.5) is 0 Å². The number of benzene rings is 1. The maximum atomic E-state index is 12.5. The van der Waals surface area contributed by atoms with Crippen molar-refractivity contribution in [1.29, 1.82) is 0 Å². The second-order valence-electron chi connectivity index (χ2n) is 4.35. The number of nitrogens with zero attached hydrogens (tertiary/aromatic N) is 2. The first-order chi connectivity index (χ1) is 9.51. The van der Waals surface area contributed by atoms with E-state index >= 15 is 0 Å². The van der Waals surface area contributed by atoms with Crippen molar-refractivity contribution in [1.82, 2.24) is 4.33 Å². The van der Waals surface area contributed by atoms with Gasteiger partial charge in [0.1, 0.15) is 5.76 Å². The second kappa shape index (κ2) is 4.50. The smallest absolute Gasteiger partial charge is 0.463 e. The maximum Gasteiger partial charge on any atom is 0.487 e. The van der Waals surface area contributed by atoms with Gasteiger partial charge in [-0.25, -0.2) is 8.42 Å². The molecule has 0 bridgehead atoms. The zero-order chi connectivity index (χ0) is 14.3. The molecule has 0 aliphatic carbocycles. The van der Waals surface area contributed by atoms with Gasteiger partial charge >= 0.3 is 7.05 Å². The van der Waals surface area contributed by atoms with E-state index < -0.39 is 17.1 Å². The Balaban J connectivity index is 2.10. The standard InChI is InChI=1S/C12H11BN2O4S/c1-9-12-11(7-8-19-12)13(16)15(14-9)20(17,18)10-5-3-2-4-6-10/h2-8,16H,1H3. The predicted octanol–water partition coefficient (Wildman–Crippen LogP) is 0.396. The molecule has 1 aromatic carbocycles. The average molecular weight is 290 g/mol. The summed E-state index contributed by atoms with van der Waals surface area (Å²) in [7, 11) is -5.30. The summed E-state index contributed by atoms with van der Waals surface area (Å²) in [5.74, 6) is 0.400. The number of hydrogen-bond donors (Lipinski definition) is 1. The third-order valence-electron chi connectivity index (χ3n) is 3.05. The highest BCUT2D eigenvalue weighted by Gasteiger charge is 2.41. The van der Waals surface area contributed by atoms with Gasteiger partial charge in [0.15, 0.2) is 0 Å². The van der Waals surface area contributed by atoms with Crippen molar-refractivity contribution in [2.24, 2.45) is 5.10 Å². The Labute approximate surface area is 116 Å². The van der Waals surface area contributed by atoms with Gasteiger partial charge in [0, 0.05) is 5.46 Å². The monoisotopic (exact) mass is 290 g/mol. The van der Waals surface area contributed by atoms with E-state index in [0.717, 1.165) is 0 Å². The normalized spacial score (nSPS) is 15.0. The molecule has 102 valence electrons. The third-order valence-corrected chi connectivity index (χ3v) is 4.69. The zero-order valence-electron chi connectivity index (χ0n) is 10.6. The first kappa shape index (κ1) is 13.0. The molecule has 2 heterocycles. The van der Waals surface area contributed by atoms with E-state index in [1.165, 1.54) is 24.5 Å². The first-order valence-electron chi connectivity index (χ1n) is 5.92. The van der Waals surface area contributed by atoms with Crippen LogP contribution < -0.4 is 5.46 Å². The van der Waals surface area contributed by atoms with Gasteiger partial charge in [-0.3, -0.25) is 0 Å². The lowest BCUT2D eigenvalue weighted by Gasteiger charge is -2.25. The quantitative estimate of drug-likeness (QED) is 0.811. The number of hydrogen-bond acceptors (Lipinski definition) is 5. The van der Waals surface area contributed by atoms with Crippen molar-refractivity contribution < 1.29 is 17.9 Å². The number of fused-ring (bicyclic) bond motifs is 1. The summed E-state index contributed by atoms with van der Waals surface area (Å²) in [6.07, 6.45) is 1.39. The molecule has 0 saturated heterocycles. The molecular weight excluding hydrogens is 279 g/mol. The zero-order valence-corrected chi connectivity index (χ0v) is 11.4. The minimum atomic E-state index is -3.91. The van der Waals surface area contributed by atoms with Crippen molar-refractivity contribution in [3.8, 4) is 0 Å². The molecule has 1 aromatic heterocycles. The molecule has 0 fully saturated rings. The van der Waals surface area contributed by atoms with Gasteiger partial charge in [-0.1, -0.05) is 18.2 Å². The van der Waals surface area contributed by atoms with E-state index in [1.54, 1.807) is 25.1 Å². The van der Waals surface area contributed by atoms with Gasteiger partial charge in [0.25, 0.3) is 10.0 Å². The second-order valence-corrected chi connectivity index (χ2v) is 6.15. The highest BCUT2D eigenvalue weighted by molar-refractivity contribution is 7.90. The van der Waals surface area contributed by atoms with E-state index in [1.807, 2.05) is 0 Å². The molecule has 20 heavy (non-hydrogen) atoms. The molecule has 1 aliphatic heterocycles. The fraction of sp³-hybridized carbons (Fsp3) is 0.0833. The third kappa shape index (κ3) is 1.84. The topological polar surface area (TPSA) is 83.1 Å². The Morgan fingerprint density at radius 2 is 1.95 bits per heavy atom. The van der Waals surface area contributed by atoms with Crippen molar-refractivity contribution in [3.63, 3.8) is 0 Å². The summed E-state index contributed by atoms with van der Waals surface area (Å²) in [6.45, 7) is 1.63. The van der Waals surface area contributed by atoms with Gasteiger partial charge in [0.05, 0.1) is 16.9 Å². The van der Waals surface area contributed by atoms with E-state index in [2.05, 4.69) is 5.10 Å². The van der Waals surface area contributed by atoms with Gasteiger partial charge in [-0.15, -0.1) is 0 Å². The number of sulfonamides is 1. The molecule has 0 amide bonds. The minimum absolute atomic E-state index is 0.0718. The van der Waals surface area contributed by atoms with Gasteiger partial charge in [-0.05, 0) is 25.1 Å². The molecule has 1 N–H and O–H groups in total. The van der Waals surface area contributed by atoms with Crippen LogP contribution in [0, 0.1) is 0 Å². The number of furan rings is 1. The van der Waals surface area contributed by atoms with Crippen LogP contribution in [0.25, 0.3) is 0 Å². The molecule has 0 radical (unpaired) electrons. The summed E-state index contributed by atoms with van der Waals surface area (Å²) >= 11 is 0. The number of rotatable bonds is 2. The molecule has 0 unspecified atom stereocenters. The lowest BCUT2D eigenvalue weighted by molar-refractivity contribution is 0.469. The van der Waals surface area contributed by atoms with Crippen LogP contribution in [-0.4, -0.2) is 30.5 Å². The average Bonchev–Trinajstić information content (AvgIpc) is 2.94. The Morgan fingerprint density at radius 3 is 2.65 bits per heavy atom. The van der Waals surface area contributed by atoms with Crippen LogP contribution in [0.1, 0.15) is 12.7 Å². The van der Waals surface area contributed by atoms with E-state index in [9.17, 15) is 13.4 Å². The predicted molar refractivity (Wildman–Crippen MR) is 74.0 cm³/mol. The van der Waals surface area contributed by atoms with Crippen LogP contribution in [-0.2, 0) is 10.0 Å². The molecule has 3 rings (SSSR count). The maximum absolute atomic E-state index is 12.5. The van der Waals surface area contributed by atoms with E-state index in [4.69, 9.17) is 4.42 Å². The summed E-state index contributed by atoms with van der Waals surface area (Å²) in [4.78, 5) is 0.0718. The molecule has 6 nitrogen and oxygen atoms in total. The SMILES string of the molecule is CC1=NN(S(=O)(=O)c2ccccc2)B(O)c2ccoc21. The summed E-state index contributed by atoms with van der Waals surface area (Å²) in [6, 6.07) is 9.39. The van der Waals surface area contributed by atoms with Gasteiger partial charge < -0.3 is 9.44 Å². The van der Waals surface area contributed by atoms with Gasteiger partial charge in [0.2, 0.25) is 0 Å². The molecule has 0 atom stereocenters. The molecular formula is C12H11BN2O4S. The minimum Gasteiger partial charge on any atom is -0.463 e. The lowest BCUT2D eigenvalue weighted by Crippen LogP contribution is -2.52. The Kier molecular flexibility index (Phi) is 2.91. The molecule has 0 spiro atoms. The summed E-state index contributed by atoms with van der Waals surface area (Å²) < 4.78 is 30.9. The van der Waals surface area contributed by atoms with Crippen molar-refractivity contribution in [2.75, 3.05) is 0 Å². The Bertz CT molecular complexity index is 770. The highest BCUT2D eigenvalue weighted by Crippen LogP contribution is 2.20. The van der Waals surface area contributed by atoms with Crippen LogP contribution in [0.2, 0.25) is 0 Å². The van der Waals surface area contributed by atoms with Crippen LogP contribution in [0.3, 0.4) is 0 Å². The van der Waals surface area contributed by atoms with Crippen molar-refractivity contribution >= 4 is 28.2 Å². The van der Waals surface area contributed by atoms with Crippen LogP contribution in [0.5, 0.6) is 0 Å². The lowest BCUT2D eigenvalue weighted by atomic mass is 9.73. The van der Waals surface area contributed by atoms with Crippen LogP contribution >= 0.6 is 0 Å². The van der Waals surface area contributed by atoms with Crippen LogP contribution in [0.15, 0.2) is 57.1 Å². The van der Waals surface area contributed by atoms with Crippen molar-refractivity contribution in [2.45, 2.75) is 11.8 Å². The molecule has 8 heteroatoms. The van der Waals surface area contributed by atoms with Crippen molar-refractivity contribution in [3.05, 3.63) is 48.4 Å². The molecule has 0 saturated carbocycles. The Hall–Kier alpha value is -2.06. The fourth-order valence-electron chi connectivity index (χ4n) is 2.07. The fourth-order valence-corrected chi connectivity index (χ4v) is 3.39. The van der Waals surface area contributed by atoms with E-state index in [-0.39, 0.29) is 4.90 Å². The summed E-state index contributed by atoms with van der Waals surface area (Å²) in [5, 5.41) is 14.1. The summed E-state index contributed by atoms with van der Waals surface area (Å²) in [5.41, 5.74) is 0.784. The van der Waals surface area contributed by atoms with Gasteiger partial charge in [-0.2, -0.15) is 9.43 Å². The first-order valence-corrected chi connectivity index (χ1v) is 7.36. The molecule has 1 aliphatic rings. The Morgan fingerprint density at radius 1 is 1.25 bits per heavy atom. The number of hydrazone groups is 1. The largest absolute Gasteiger partial charge is 0.487 e. The molecule has 2 aromatic rings. The highest BCUT2D eigenvalue weighted by atomic mass is 32.2.